The number of nitrogens with one attached hydrogen (secondary N) is 1. The molecule has 0 aliphatic heterocycles. The summed E-state index contributed by atoms with van der Waals surface area (Å²) in [6, 6.07) is 11.9. The van der Waals surface area contributed by atoms with Crippen LogP contribution in [-0.2, 0) is 20.4 Å². The first kappa shape index (κ1) is 19.7. The van der Waals surface area contributed by atoms with E-state index in [9.17, 15) is 8.42 Å². The SMILES string of the molecule is COc1ccc(S(=O)(=O)NC[C@@](C)(OC)c2cccc(Cl)c2)cc1C. The average molecular weight is 384 g/mol. The molecule has 1 atom stereocenters. The fourth-order valence-corrected chi connectivity index (χ4v) is 3.85. The van der Waals surface area contributed by atoms with Crippen molar-refractivity contribution in [1.29, 1.82) is 0 Å². The Hall–Kier alpha value is -1.60. The van der Waals surface area contributed by atoms with Crippen LogP contribution in [-0.4, -0.2) is 29.2 Å². The Morgan fingerprint density at radius 1 is 1.16 bits per heavy atom. The number of methoxy groups -OCH3 is 2. The molecule has 0 spiro atoms. The van der Waals surface area contributed by atoms with Gasteiger partial charge >= 0.3 is 0 Å². The van der Waals surface area contributed by atoms with Gasteiger partial charge < -0.3 is 9.47 Å². The maximum atomic E-state index is 12.6. The second-order valence-electron chi connectivity index (χ2n) is 5.90. The van der Waals surface area contributed by atoms with Gasteiger partial charge in [0.1, 0.15) is 11.4 Å². The highest BCUT2D eigenvalue weighted by atomic mass is 35.5. The molecule has 0 heterocycles. The monoisotopic (exact) mass is 383 g/mol. The lowest BCUT2D eigenvalue weighted by molar-refractivity contribution is 0.00699. The minimum Gasteiger partial charge on any atom is -0.496 e. The van der Waals surface area contributed by atoms with Crippen molar-refractivity contribution in [2.24, 2.45) is 0 Å². The van der Waals surface area contributed by atoms with Gasteiger partial charge in [0.25, 0.3) is 0 Å². The zero-order valence-electron chi connectivity index (χ0n) is 14.7. The zero-order valence-corrected chi connectivity index (χ0v) is 16.2. The molecular formula is C18H22ClNO4S. The molecule has 2 rings (SSSR count). The van der Waals surface area contributed by atoms with Gasteiger partial charge in [-0.1, -0.05) is 23.7 Å². The van der Waals surface area contributed by atoms with Crippen LogP contribution in [0.25, 0.3) is 0 Å². The molecule has 2 aromatic carbocycles. The van der Waals surface area contributed by atoms with Crippen LogP contribution in [0.5, 0.6) is 5.75 Å². The molecule has 0 aliphatic rings. The second kappa shape index (κ2) is 7.74. The van der Waals surface area contributed by atoms with E-state index in [-0.39, 0.29) is 11.4 Å². The lowest BCUT2D eigenvalue weighted by Crippen LogP contribution is -2.40. The van der Waals surface area contributed by atoms with Crippen molar-refractivity contribution in [3.63, 3.8) is 0 Å². The van der Waals surface area contributed by atoms with E-state index in [2.05, 4.69) is 4.72 Å². The Morgan fingerprint density at radius 2 is 1.88 bits per heavy atom. The molecule has 5 nitrogen and oxygen atoms in total. The van der Waals surface area contributed by atoms with Gasteiger partial charge in [-0.25, -0.2) is 13.1 Å². The van der Waals surface area contributed by atoms with Gasteiger partial charge in [-0.15, -0.1) is 0 Å². The number of rotatable bonds is 7. The summed E-state index contributed by atoms with van der Waals surface area (Å²) in [4.78, 5) is 0.176. The van der Waals surface area contributed by atoms with Crippen molar-refractivity contribution in [3.05, 3.63) is 58.6 Å². The summed E-state index contributed by atoms with van der Waals surface area (Å²) < 4.78 is 38.6. The fourth-order valence-electron chi connectivity index (χ4n) is 2.44. The van der Waals surface area contributed by atoms with Crippen LogP contribution in [0, 0.1) is 6.92 Å². The van der Waals surface area contributed by atoms with E-state index >= 15 is 0 Å². The number of hydrogen-bond acceptors (Lipinski definition) is 4. The predicted octanol–water partition coefficient (Wildman–Crippen LogP) is 3.50. The van der Waals surface area contributed by atoms with Crippen LogP contribution in [0.2, 0.25) is 5.02 Å². The minimum absolute atomic E-state index is 0.0667. The number of hydrogen-bond donors (Lipinski definition) is 1. The topological polar surface area (TPSA) is 64.6 Å². The first-order valence-electron chi connectivity index (χ1n) is 7.67. The zero-order chi connectivity index (χ0) is 18.7. The van der Waals surface area contributed by atoms with Gasteiger partial charge in [0.2, 0.25) is 10.0 Å². The molecule has 0 aliphatic carbocycles. The van der Waals surface area contributed by atoms with Gasteiger partial charge in [0.15, 0.2) is 0 Å². The summed E-state index contributed by atoms with van der Waals surface area (Å²) in [5.74, 6) is 0.639. The fraction of sp³-hybridized carbons (Fsp3) is 0.333. The molecule has 2 aromatic rings. The third kappa shape index (κ3) is 4.52. The highest BCUT2D eigenvalue weighted by Gasteiger charge is 2.29. The van der Waals surface area contributed by atoms with E-state index in [0.717, 1.165) is 11.1 Å². The Labute approximate surface area is 154 Å². The molecule has 0 amide bonds. The van der Waals surface area contributed by atoms with Crippen molar-refractivity contribution < 1.29 is 17.9 Å². The van der Waals surface area contributed by atoms with Gasteiger partial charge in [0, 0.05) is 18.7 Å². The highest BCUT2D eigenvalue weighted by molar-refractivity contribution is 7.89. The van der Waals surface area contributed by atoms with Gasteiger partial charge in [-0.2, -0.15) is 0 Å². The Balaban J connectivity index is 2.24. The lowest BCUT2D eigenvalue weighted by atomic mass is 9.96. The molecule has 7 heteroatoms. The molecule has 0 aromatic heterocycles. The molecule has 0 unspecified atom stereocenters. The summed E-state index contributed by atoms with van der Waals surface area (Å²) in [7, 11) is -0.608. The summed E-state index contributed by atoms with van der Waals surface area (Å²) in [5.41, 5.74) is 0.685. The summed E-state index contributed by atoms with van der Waals surface area (Å²) >= 11 is 6.03. The van der Waals surface area contributed by atoms with Crippen LogP contribution in [0.15, 0.2) is 47.4 Å². The smallest absolute Gasteiger partial charge is 0.240 e. The third-order valence-corrected chi connectivity index (χ3v) is 5.80. The normalized spacial score (nSPS) is 14.1. The van der Waals surface area contributed by atoms with Crippen LogP contribution in [0.1, 0.15) is 18.1 Å². The van der Waals surface area contributed by atoms with Crippen LogP contribution < -0.4 is 9.46 Å². The molecule has 136 valence electrons. The van der Waals surface area contributed by atoms with E-state index in [1.807, 2.05) is 6.07 Å². The first-order valence-corrected chi connectivity index (χ1v) is 9.53. The number of halogens is 1. The quantitative estimate of drug-likeness (QED) is 0.794. The van der Waals surface area contributed by atoms with Crippen molar-refractivity contribution in [3.8, 4) is 5.75 Å². The van der Waals surface area contributed by atoms with E-state index in [1.54, 1.807) is 51.3 Å². The highest BCUT2D eigenvalue weighted by Crippen LogP contribution is 2.27. The van der Waals surface area contributed by atoms with Crippen LogP contribution >= 0.6 is 11.6 Å². The second-order valence-corrected chi connectivity index (χ2v) is 8.10. The minimum atomic E-state index is -3.69. The standard InChI is InChI=1S/C18H22ClNO4S/c1-13-10-16(8-9-17(13)23-3)25(21,22)20-12-18(2,24-4)14-6-5-7-15(19)11-14/h5-11,20H,12H2,1-4H3/t18-/m1/s1. The molecule has 1 N–H and O–H groups in total. The summed E-state index contributed by atoms with van der Waals surface area (Å²) in [6.45, 7) is 3.67. The largest absolute Gasteiger partial charge is 0.496 e. The van der Waals surface area contributed by atoms with E-state index in [4.69, 9.17) is 21.1 Å². The molecule has 0 bridgehead atoms. The first-order chi connectivity index (χ1) is 11.7. The molecular weight excluding hydrogens is 362 g/mol. The van der Waals surface area contributed by atoms with Crippen molar-refractivity contribution in [2.75, 3.05) is 20.8 Å². The molecule has 0 saturated heterocycles. The molecule has 25 heavy (non-hydrogen) atoms. The van der Waals surface area contributed by atoms with Gasteiger partial charge in [0.05, 0.1) is 12.0 Å². The molecule has 0 fully saturated rings. The summed E-state index contributed by atoms with van der Waals surface area (Å²) in [5, 5.41) is 0.564. The molecule has 0 saturated carbocycles. The maximum absolute atomic E-state index is 12.6. The van der Waals surface area contributed by atoms with Gasteiger partial charge in [-0.3, -0.25) is 0 Å². The van der Waals surface area contributed by atoms with E-state index in [0.29, 0.717) is 10.8 Å². The number of benzene rings is 2. The Bertz CT molecular complexity index is 854. The van der Waals surface area contributed by atoms with E-state index in [1.165, 1.54) is 13.2 Å². The van der Waals surface area contributed by atoms with Gasteiger partial charge in [-0.05, 0) is 55.3 Å². The van der Waals surface area contributed by atoms with Crippen molar-refractivity contribution in [2.45, 2.75) is 24.3 Å². The Morgan fingerprint density at radius 3 is 2.44 bits per heavy atom. The van der Waals surface area contributed by atoms with Crippen molar-refractivity contribution in [1.82, 2.24) is 4.72 Å². The average Bonchev–Trinajstić information content (AvgIpc) is 2.59. The van der Waals surface area contributed by atoms with Crippen LogP contribution in [0.3, 0.4) is 0 Å². The number of ether oxygens (including phenoxy) is 2. The third-order valence-electron chi connectivity index (χ3n) is 4.16. The lowest BCUT2D eigenvalue weighted by Gasteiger charge is -2.29. The predicted molar refractivity (Wildman–Crippen MR) is 98.7 cm³/mol. The maximum Gasteiger partial charge on any atom is 0.240 e. The summed E-state index contributed by atoms with van der Waals surface area (Å²) in [6.07, 6.45) is 0. The van der Waals surface area contributed by atoms with Crippen LogP contribution in [0.4, 0.5) is 0 Å². The number of aryl methyl sites for hydroxylation is 1. The number of sulfonamides is 1. The van der Waals surface area contributed by atoms with E-state index < -0.39 is 15.6 Å². The Kier molecular flexibility index (Phi) is 6.11. The van der Waals surface area contributed by atoms with Crippen molar-refractivity contribution >= 4 is 21.6 Å². The molecule has 0 radical (unpaired) electrons.